The van der Waals surface area contributed by atoms with Gasteiger partial charge in [0.15, 0.2) is 0 Å². The summed E-state index contributed by atoms with van der Waals surface area (Å²) in [6.07, 6.45) is -2.24. The van der Waals surface area contributed by atoms with E-state index in [2.05, 4.69) is 14.8 Å². The first-order chi connectivity index (χ1) is 9.74. The number of imidazole rings is 1. The van der Waals surface area contributed by atoms with Crippen molar-refractivity contribution in [3.05, 3.63) is 41.5 Å². The zero-order valence-corrected chi connectivity index (χ0v) is 10.7. The Morgan fingerprint density at radius 2 is 2.10 bits per heavy atom. The number of alkyl halides is 3. The molecule has 0 amide bonds. The van der Waals surface area contributed by atoms with Gasteiger partial charge in [-0.25, -0.2) is 14.1 Å². The second-order valence-electron chi connectivity index (χ2n) is 4.06. The van der Waals surface area contributed by atoms with Crippen molar-refractivity contribution in [1.29, 1.82) is 0 Å². The van der Waals surface area contributed by atoms with Crippen LogP contribution in [-0.4, -0.2) is 22.2 Å². The van der Waals surface area contributed by atoms with Crippen LogP contribution in [0.3, 0.4) is 0 Å². The van der Waals surface area contributed by atoms with E-state index < -0.39 is 17.9 Å². The molecule has 0 atom stereocenters. The monoisotopic (exact) mass is 302 g/mol. The molecule has 1 aromatic carbocycles. The number of ether oxygens (including phenoxy) is 1. The fourth-order valence-electron chi connectivity index (χ4n) is 1.53. The summed E-state index contributed by atoms with van der Waals surface area (Å²) in [5.41, 5.74) is 6.14. The largest absolute Gasteiger partial charge is 0.573 e. The maximum absolute atomic E-state index is 13.6. The maximum atomic E-state index is 13.6. The molecule has 1 heterocycles. The number of aromatic nitrogens is 2. The average molecular weight is 302 g/mol. The van der Waals surface area contributed by atoms with Crippen LogP contribution in [0.1, 0.15) is 11.3 Å². The lowest BCUT2D eigenvalue weighted by atomic mass is 10.2. The Morgan fingerprint density at radius 3 is 2.62 bits per heavy atom. The Balaban J connectivity index is 2.20. The van der Waals surface area contributed by atoms with E-state index in [4.69, 9.17) is 5.73 Å². The second kappa shape index (κ2) is 5.43. The van der Waals surface area contributed by atoms with Crippen molar-refractivity contribution >= 4 is 12.2 Å². The Kier molecular flexibility index (Phi) is 3.83. The van der Waals surface area contributed by atoms with Crippen LogP contribution in [-0.2, 0) is 0 Å². The molecule has 0 fully saturated rings. The summed E-state index contributed by atoms with van der Waals surface area (Å²) in [4.78, 5) is 3.89. The Bertz CT molecular complexity index is 678. The van der Waals surface area contributed by atoms with Crippen LogP contribution in [0, 0.1) is 12.7 Å². The minimum Gasteiger partial charge on any atom is -0.406 e. The zero-order valence-electron chi connectivity index (χ0n) is 10.7. The van der Waals surface area contributed by atoms with Gasteiger partial charge in [0.05, 0.1) is 18.1 Å². The molecule has 0 saturated carbocycles. The van der Waals surface area contributed by atoms with Gasteiger partial charge in [0, 0.05) is 11.6 Å². The van der Waals surface area contributed by atoms with Crippen molar-refractivity contribution in [3.63, 3.8) is 0 Å². The van der Waals surface area contributed by atoms with Crippen LogP contribution < -0.4 is 10.5 Å². The van der Waals surface area contributed by atoms with Crippen molar-refractivity contribution in [3.8, 4) is 5.75 Å². The predicted octanol–water partition coefficient (Wildman–Crippen LogP) is 2.69. The normalized spacial score (nSPS) is 12.0. The Morgan fingerprint density at radius 1 is 1.38 bits per heavy atom. The summed E-state index contributed by atoms with van der Waals surface area (Å²) in [7, 11) is 0. The second-order valence-corrected chi connectivity index (χ2v) is 4.06. The topological polar surface area (TPSA) is 65.4 Å². The molecular formula is C12H10F4N4O. The lowest BCUT2D eigenvalue weighted by Gasteiger charge is -2.09. The molecule has 0 bridgehead atoms. The third kappa shape index (κ3) is 3.94. The molecule has 112 valence electrons. The number of benzene rings is 1. The summed E-state index contributed by atoms with van der Waals surface area (Å²) in [6.45, 7) is 1.70. The molecule has 2 N–H and O–H groups in total. The molecule has 9 heteroatoms. The van der Waals surface area contributed by atoms with E-state index in [0.717, 1.165) is 18.3 Å². The molecule has 0 aliphatic carbocycles. The summed E-state index contributed by atoms with van der Waals surface area (Å²) in [5, 5.41) is 3.86. The third-order valence-electron chi connectivity index (χ3n) is 2.36. The molecule has 1 aromatic heterocycles. The molecule has 0 unspecified atom stereocenters. The van der Waals surface area contributed by atoms with Gasteiger partial charge >= 0.3 is 6.36 Å². The van der Waals surface area contributed by atoms with Crippen molar-refractivity contribution in [2.45, 2.75) is 13.3 Å². The summed E-state index contributed by atoms with van der Waals surface area (Å²) in [5.74, 6) is -1.44. The van der Waals surface area contributed by atoms with E-state index in [1.165, 1.54) is 10.9 Å². The van der Waals surface area contributed by atoms with Gasteiger partial charge < -0.3 is 10.5 Å². The highest BCUT2D eigenvalue weighted by atomic mass is 19.4. The Hall–Kier alpha value is -2.58. The third-order valence-corrected chi connectivity index (χ3v) is 2.36. The molecule has 0 aliphatic rings. The number of rotatable bonds is 3. The number of anilines is 1. The van der Waals surface area contributed by atoms with Crippen LogP contribution in [0.25, 0.3) is 0 Å². The van der Waals surface area contributed by atoms with Gasteiger partial charge in [-0.2, -0.15) is 5.10 Å². The predicted molar refractivity (Wildman–Crippen MR) is 67.5 cm³/mol. The number of halogens is 4. The quantitative estimate of drug-likeness (QED) is 0.700. The minimum atomic E-state index is -4.87. The van der Waals surface area contributed by atoms with Crippen molar-refractivity contribution in [2.75, 3.05) is 5.73 Å². The zero-order chi connectivity index (χ0) is 15.6. The molecule has 2 aromatic rings. The number of nitrogens with zero attached hydrogens (tertiary/aromatic N) is 3. The fraction of sp³-hybridized carbons (Fsp3) is 0.167. The lowest BCUT2D eigenvalue weighted by molar-refractivity contribution is -0.274. The number of nitrogens with two attached hydrogens (primary N) is 1. The van der Waals surface area contributed by atoms with Crippen LogP contribution in [0.5, 0.6) is 5.75 Å². The first kappa shape index (κ1) is 14.8. The summed E-state index contributed by atoms with van der Waals surface area (Å²) >= 11 is 0. The van der Waals surface area contributed by atoms with Crippen LogP contribution >= 0.6 is 0 Å². The fourth-order valence-corrected chi connectivity index (χ4v) is 1.53. The first-order valence-corrected chi connectivity index (χ1v) is 5.66. The molecule has 0 radical (unpaired) electrons. The van der Waals surface area contributed by atoms with E-state index in [1.807, 2.05) is 0 Å². The minimum absolute atomic E-state index is 0.0183. The Labute approximate surface area is 116 Å². The van der Waals surface area contributed by atoms with Gasteiger partial charge in [0.1, 0.15) is 11.6 Å². The standard InChI is InChI=1S/C12H10F4N4O/c1-7-6-20(11(17)19-7)18-5-8-2-3-9(4-10(8)13)21-12(14,15)16/h2-6H,1H3,(H2,17,19). The lowest BCUT2D eigenvalue weighted by Crippen LogP contribution is -2.17. The smallest absolute Gasteiger partial charge is 0.406 e. The molecule has 0 saturated heterocycles. The highest BCUT2D eigenvalue weighted by Gasteiger charge is 2.31. The number of hydrogen-bond acceptors (Lipinski definition) is 4. The summed E-state index contributed by atoms with van der Waals surface area (Å²) < 4.78 is 54.4. The van der Waals surface area contributed by atoms with Gasteiger partial charge in [-0.3, -0.25) is 0 Å². The van der Waals surface area contributed by atoms with Crippen LogP contribution in [0.15, 0.2) is 29.5 Å². The SMILES string of the molecule is Cc1cn(N=Cc2ccc(OC(F)(F)F)cc2F)c(N)n1. The maximum Gasteiger partial charge on any atom is 0.573 e. The van der Waals surface area contributed by atoms with E-state index in [1.54, 1.807) is 6.92 Å². The molecule has 0 aliphatic heterocycles. The van der Waals surface area contributed by atoms with Gasteiger partial charge in [0.2, 0.25) is 5.95 Å². The van der Waals surface area contributed by atoms with Gasteiger partial charge in [0.25, 0.3) is 0 Å². The van der Waals surface area contributed by atoms with Crippen molar-refractivity contribution in [2.24, 2.45) is 5.10 Å². The van der Waals surface area contributed by atoms with Gasteiger partial charge in [-0.05, 0) is 19.1 Å². The molecule has 2 rings (SSSR count). The molecule has 21 heavy (non-hydrogen) atoms. The first-order valence-electron chi connectivity index (χ1n) is 5.66. The van der Waals surface area contributed by atoms with E-state index in [9.17, 15) is 17.6 Å². The van der Waals surface area contributed by atoms with Crippen LogP contribution in [0.2, 0.25) is 0 Å². The average Bonchev–Trinajstić information content (AvgIpc) is 2.65. The van der Waals surface area contributed by atoms with Crippen molar-refractivity contribution in [1.82, 2.24) is 9.66 Å². The highest BCUT2D eigenvalue weighted by molar-refractivity contribution is 5.80. The molecule has 0 spiro atoms. The van der Waals surface area contributed by atoms with E-state index in [0.29, 0.717) is 11.8 Å². The van der Waals surface area contributed by atoms with Gasteiger partial charge in [-0.15, -0.1) is 13.2 Å². The van der Waals surface area contributed by atoms with E-state index in [-0.39, 0.29) is 11.5 Å². The highest BCUT2D eigenvalue weighted by Crippen LogP contribution is 2.24. The number of aryl methyl sites for hydroxylation is 1. The summed E-state index contributed by atoms with van der Waals surface area (Å²) in [6, 6.07) is 2.72. The number of hydrogen-bond donors (Lipinski definition) is 1. The van der Waals surface area contributed by atoms with Crippen molar-refractivity contribution < 1.29 is 22.3 Å². The van der Waals surface area contributed by atoms with Gasteiger partial charge in [-0.1, -0.05) is 0 Å². The number of nitrogen functional groups attached to an aromatic ring is 1. The molecular weight excluding hydrogens is 292 g/mol. The van der Waals surface area contributed by atoms with E-state index >= 15 is 0 Å². The molecule has 5 nitrogen and oxygen atoms in total. The van der Waals surface area contributed by atoms with Crippen LogP contribution in [0.4, 0.5) is 23.5 Å².